The number of pyridine rings is 1. The fourth-order valence-electron chi connectivity index (χ4n) is 5.50. The fourth-order valence-corrected chi connectivity index (χ4v) is 5.50. The molecule has 1 aromatic heterocycles. The van der Waals surface area contributed by atoms with Crippen molar-refractivity contribution in [3.63, 3.8) is 0 Å². The number of phenolic OH excluding ortho intramolecular Hbond substituents is 2. The molecule has 0 radical (unpaired) electrons. The van der Waals surface area contributed by atoms with Gasteiger partial charge in [-0.2, -0.15) is 0 Å². The first kappa shape index (κ1) is 33.6. The van der Waals surface area contributed by atoms with Gasteiger partial charge in [-0.05, 0) is 44.9 Å². The van der Waals surface area contributed by atoms with Crippen LogP contribution >= 0.6 is 0 Å². The van der Waals surface area contributed by atoms with Crippen molar-refractivity contribution < 1.29 is 56.7 Å². The van der Waals surface area contributed by atoms with E-state index < -0.39 is 5.92 Å². The average Bonchev–Trinajstić information content (AvgIpc) is 2.86. The number of nitrogens with zero attached hydrogens (tertiary/aromatic N) is 1. The van der Waals surface area contributed by atoms with Crippen molar-refractivity contribution in [2.75, 3.05) is 0 Å². The molecule has 0 aliphatic heterocycles. The predicted octanol–water partition coefficient (Wildman–Crippen LogP) is 2.58. The monoisotopic (exact) mass is 607 g/mol. The first-order chi connectivity index (χ1) is 17.5. The van der Waals surface area contributed by atoms with Crippen LogP contribution in [0.1, 0.15) is 75.4 Å². The molecule has 3 nitrogen and oxygen atoms in total. The number of hydrogen-bond donors (Lipinski definition) is 2. The Bertz CT molecular complexity index is 1520. The zero-order valence-corrected chi connectivity index (χ0v) is 26.8. The summed E-state index contributed by atoms with van der Waals surface area (Å²) in [6.07, 6.45) is 1.76. The van der Waals surface area contributed by atoms with Crippen LogP contribution in [0.25, 0.3) is 21.5 Å². The van der Waals surface area contributed by atoms with Crippen LogP contribution in [0.15, 0.2) is 85.1 Å². The number of rotatable bonds is 3. The van der Waals surface area contributed by atoms with E-state index in [1.54, 1.807) is 6.20 Å². The molecule has 0 spiro atoms. The Balaban J connectivity index is 0.00000187. The first-order valence-corrected chi connectivity index (χ1v) is 12.9. The smallest absolute Gasteiger partial charge is 1.00 e. The van der Waals surface area contributed by atoms with Crippen LogP contribution < -0.4 is 24.8 Å². The zero-order valence-electron chi connectivity index (χ0n) is 23.8. The van der Waals surface area contributed by atoms with Gasteiger partial charge in [-0.1, -0.05) is 108 Å². The van der Waals surface area contributed by atoms with Gasteiger partial charge in [0, 0.05) is 28.1 Å². The van der Waals surface area contributed by atoms with Crippen molar-refractivity contribution in [3.05, 3.63) is 113 Å². The van der Waals surface area contributed by atoms with E-state index in [0.717, 1.165) is 49.5 Å². The van der Waals surface area contributed by atoms with Gasteiger partial charge in [-0.25, -0.2) is 0 Å². The second-order valence-corrected chi connectivity index (χ2v) is 12.0. The minimum atomic E-state index is -0.448. The molecule has 0 saturated carbocycles. The van der Waals surface area contributed by atoms with Crippen LogP contribution in [0, 0.1) is 0 Å². The molecule has 5 aromatic rings. The Kier molecular flexibility index (Phi) is 10.5. The summed E-state index contributed by atoms with van der Waals surface area (Å²) in [7, 11) is 0. The minimum Gasteiger partial charge on any atom is -1.00 e. The second-order valence-electron chi connectivity index (χ2n) is 12.0. The molecule has 206 valence electrons. The summed E-state index contributed by atoms with van der Waals surface area (Å²) in [5.74, 6) is 0.0283. The Morgan fingerprint density at radius 1 is 0.575 bits per heavy atom. The molecule has 4 aromatic carbocycles. The van der Waals surface area contributed by atoms with Gasteiger partial charge in [0.25, 0.3) is 0 Å². The Labute approximate surface area is 264 Å². The third-order valence-corrected chi connectivity index (χ3v) is 7.32. The third kappa shape index (κ3) is 6.04. The average molecular weight is 608 g/mol. The van der Waals surface area contributed by atoms with E-state index in [0.29, 0.717) is 0 Å². The fraction of sp³-hybridized carbons (Fsp3) is 0.265. The molecule has 0 fully saturated rings. The van der Waals surface area contributed by atoms with E-state index in [4.69, 9.17) is 4.98 Å². The van der Waals surface area contributed by atoms with Crippen LogP contribution in [-0.4, -0.2) is 15.2 Å². The van der Waals surface area contributed by atoms with Crippen molar-refractivity contribution in [1.82, 2.24) is 4.98 Å². The maximum absolute atomic E-state index is 11.9. The molecule has 5 rings (SSSR count). The molecule has 40 heavy (non-hydrogen) atoms. The van der Waals surface area contributed by atoms with E-state index in [9.17, 15) is 10.2 Å². The van der Waals surface area contributed by atoms with Crippen molar-refractivity contribution in [2.24, 2.45) is 0 Å². The molecule has 1 heterocycles. The molecule has 0 atom stereocenters. The maximum Gasteiger partial charge on any atom is 2.00 e. The van der Waals surface area contributed by atoms with E-state index in [-0.39, 0.29) is 68.9 Å². The quantitative estimate of drug-likeness (QED) is 0.310. The molecule has 0 unspecified atom stereocenters. The van der Waals surface area contributed by atoms with Crippen LogP contribution in [0.4, 0.5) is 0 Å². The topological polar surface area (TPSA) is 53.4 Å². The van der Waals surface area contributed by atoms with Gasteiger partial charge in [0.15, 0.2) is 0 Å². The molecule has 0 aliphatic rings. The number of halogens is 2. The van der Waals surface area contributed by atoms with Gasteiger partial charge in [0.05, 0.1) is 11.6 Å². The Hall–Kier alpha value is -2.56. The number of aromatic hydroxyl groups is 2. The second kappa shape index (κ2) is 12.5. The molecule has 0 amide bonds. The zero-order chi connectivity index (χ0) is 26.5. The SMILES string of the molecule is CC(C)(C)c1cccc2ccc(C(c3ccccn3)c3ccc4cccc(C(C)(C)C)c4c3O)c(O)c12.[Cl-].[Cl-].[Ti+2]. The molecule has 0 saturated heterocycles. The predicted molar refractivity (Wildman–Crippen MR) is 154 cm³/mol. The van der Waals surface area contributed by atoms with Gasteiger partial charge in [0.1, 0.15) is 11.5 Å². The van der Waals surface area contributed by atoms with Crippen LogP contribution in [0.5, 0.6) is 11.5 Å². The largest absolute Gasteiger partial charge is 2.00 e. The van der Waals surface area contributed by atoms with Crippen molar-refractivity contribution in [3.8, 4) is 11.5 Å². The molecular weight excluding hydrogens is 573 g/mol. The summed E-state index contributed by atoms with van der Waals surface area (Å²) in [6, 6.07) is 26.2. The van der Waals surface area contributed by atoms with E-state index >= 15 is 0 Å². The first-order valence-electron chi connectivity index (χ1n) is 12.9. The number of aromatic nitrogens is 1. The standard InChI is InChI=1S/C34H35NO2.2ClH.Ti/c1-33(2,3)25-13-9-11-21-16-18-23(31(36)28(21)25)30(27-15-7-8-20-35-27)24-19-17-22-12-10-14-26(34(4,5)6)29(22)32(24)37;;;/h7-20,30,36-37H,1-6H3;2*1H;/q;;;+2/p-2. The summed E-state index contributed by atoms with van der Waals surface area (Å²) in [5, 5.41) is 27.4. The van der Waals surface area contributed by atoms with E-state index in [2.05, 4.69) is 65.8 Å². The number of benzene rings is 4. The summed E-state index contributed by atoms with van der Waals surface area (Å²) >= 11 is 0. The Morgan fingerprint density at radius 2 is 1.02 bits per heavy atom. The van der Waals surface area contributed by atoms with Gasteiger partial charge < -0.3 is 35.0 Å². The normalized spacial score (nSPS) is 11.6. The van der Waals surface area contributed by atoms with Crippen molar-refractivity contribution in [1.29, 1.82) is 0 Å². The molecular formula is C34H35Cl2NO2Ti. The van der Waals surface area contributed by atoms with Gasteiger partial charge in [0.2, 0.25) is 0 Å². The number of hydrogen-bond acceptors (Lipinski definition) is 3. The molecule has 2 N–H and O–H groups in total. The van der Waals surface area contributed by atoms with Gasteiger partial charge in [-0.15, -0.1) is 0 Å². The molecule has 0 bridgehead atoms. The number of phenols is 2. The van der Waals surface area contributed by atoms with Crippen molar-refractivity contribution >= 4 is 21.5 Å². The summed E-state index contributed by atoms with van der Waals surface area (Å²) in [6.45, 7) is 13.0. The number of fused-ring (bicyclic) bond motifs is 2. The van der Waals surface area contributed by atoms with E-state index in [1.165, 1.54) is 0 Å². The maximum atomic E-state index is 11.9. The summed E-state index contributed by atoms with van der Waals surface area (Å²) in [4.78, 5) is 4.69. The summed E-state index contributed by atoms with van der Waals surface area (Å²) < 4.78 is 0. The molecule has 0 aliphatic carbocycles. The van der Waals surface area contributed by atoms with Crippen LogP contribution in [-0.2, 0) is 32.5 Å². The van der Waals surface area contributed by atoms with Crippen LogP contribution in [0.2, 0.25) is 0 Å². The van der Waals surface area contributed by atoms with Crippen molar-refractivity contribution in [2.45, 2.75) is 58.3 Å². The van der Waals surface area contributed by atoms with Gasteiger partial charge in [-0.3, -0.25) is 4.98 Å². The minimum absolute atomic E-state index is 0. The third-order valence-electron chi connectivity index (χ3n) is 7.32. The Morgan fingerprint density at radius 3 is 1.40 bits per heavy atom. The van der Waals surface area contributed by atoms with Gasteiger partial charge >= 0.3 is 21.7 Å². The molecule has 6 heteroatoms. The van der Waals surface area contributed by atoms with E-state index in [1.807, 2.05) is 54.6 Å². The van der Waals surface area contributed by atoms with Crippen LogP contribution in [0.3, 0.4) is 0 Å². The summed E-state index contributed by atoms with van der Waals surface area (Å²) in [5.41, 5.74) is 4.10.